The summed E-state index contributed by atoms with van der Waals surface area (Å²) in [6.07, 6.45) is 0.912. The van der Waals surface area contributed by atoms with Gasteiger partial charge in [0.2, 0.25) is 0 Å². The average molecular weight is 291 g/mol. The van der Waals surface area contributed by atoms with Crippen LogP contribution in [0.15, 0.2) is 47.4 Å². The summed E-state index contributed by atoms with van der Waals surface area (Å²) in [7, 11) is 0. The normalized spacial score (nSPS) is 10.5. The van der Waals surface area contributed by atoms with E-state index in [9.17, 15) is 4.39 Å². The zero-order chi connectivity index (χ0) is 14.4. The van der Waals surface area contributed by atoms with E-state index in [0.717, 1.165) is 22.8 Å². The molecule has 0 fully saturated rings. The van der Waals surface area contributed by atoms with Crippen molar-refractivity contribution < 1.29 is 9.13 Å². The molecule has 0 radical (unpaired) electrons. The second-order valence-corrected chi connectivity index (χ2v) is 5.68. The van der Waals surface area contributed by atoms with Crippen molar-refractivity contribution in [2.75, 3.05) is 18.1 Å². The molecule has 106 valence electrons. The molecule has 0 amide bonds. The number of nitrogens with two attached hydrogens (primary N) is 1. The Kier molecular flexibility index (Phi) is 5.30. The summed E-state index contributed by atoms with van der Waals surface area (Å²) in [4.78, 5) is 1.12. The summed E-state index contributed by atoms with van der Waals surface area (Å²) in [5.41, 5.74) is 7.95. The number of benzene rings is 2. The molecule has 0 unspecified atom stereocenters. The van der Waals surface area contributed by atoms with E-state index in [1.54, 1.807) is 23.9 Å². The number of nitrogen functional groups attached to an aromatic ring is 1. The van der Waals surface area contributed by atoms with Gasteiger partial charge in [-0.05, 0) is 55.3 Å². The monoisotopic (exact) mass is 291 g/mol. The first-order valence-electron chi connectivity index (χ1n) is 6.52. The molecular weight excluding hydrogens is 273 g/mol. The number of hydrogen-bond acceptors (Lipinski definition) is 3. The second kappa shape index (κ2) is 7.20. The average Bonchev–Trinajstić information content (AvgIpc) is 2.44. The van der Waals surface area contributed by atoms with Gasteiger partial charge in [-0.1, -0.05) is 6.07 Å². The zero-order valence-corrected chi connectivity index (χ0v) is 12.3. The van der Waals surface area contributed by atoms with Crippen LogP contribution in [0.2, 0.25) is 0 Å². The topological polar surface area (TPSA) is 35.2 Å². The highest BCUT2D eigenvalue weighted by molar-refractivity contribution is 7.99. The van der Waals surface area contributed by atoms with Crippen LogP contribution in [-0.2, 0) is 0 Å². The first-order valence-corrected chi connectivity index (χ1v) is 7.51. The molecule has 0 saturated heterocycles. The van der Waals surface area contributed by atoms with Gasteiger partial charge in [0.05, 0.1) is 6.61 Å². The number of halogens is 1. The minimum absolute atomic E-state index is 0.247. The van der Waals surface area contributed by atoms with Gasteiger partial charge in [0.15, 0.2) is 0 Å². The van der Waals surface area contributed by atoms with Crippen molar-refractivity contribution in [3.8, 4) is 5.75 Å². The Hall–Kier alpha value is -1.68. The van der Waals surface area contributed by atoms with Gasteiger partial charge in [-0.3, -0.25) is 0 Å². The molecule has 0 aliphatic heterocycles. The maximum atomic E-state index is 12.7. The van der Waals surface area contributed by atoms with Crippen LogP contribution in [0.3, 0.4) is 0 Å². The summed E-state index contributed by atoms with van der Waals surface area (Å²) in [6, 6.07) is 12.1. The first kappa shape index (κ1) is 14.7. The summed E-state index contributed by atoms with van der Waals surface area (Å²) in [5.74, 6) is 1.39. The van der Waals surface area contributed by atoms with Gasteiger partial charge in [-0.25, -0.2) is 4.39 Å². The van der Waals surface area contributed by atoms with Crippen molar-refractivity contribution in [2.24, 2.45) is 0 Å². The van der Waals surface area contributed by atoms with Crippen LogP contribution in [0.1, 0.15) is 12.0 Å². The van der Waals surface area contributed by atoms with Crippen molar-refractivity contribution in [1.29, 1.82) is 0 Å². The van der Waals surface area contributed by atoms with Crippen LogP contribution in [0.4, 0.5) is 10.1 Å². The summed E-state index contributed by atoms with van der Waals surface area (Å²) < 4.78 is 18.3. The molecule has 0 aliphatic carbocycles. The molecule has 0 bridgehead atoms. The lowest BCUT2D eigenvalue weighted by Gasteiger charge is -2.08. The van der Waals surface area contributed by atoms with Crippen molar-refractivity contribution in [3.05, 3.63) is 53.8 Å². The molecule has 2 aromatic carbocycles. The molecule has 0 heterocycles. The third-order valence-electron chi connectivity index (χ3n) is 2.80. The predicted octanol–water partition coefficient (Wildman–Crippen LogP) is 4.28. The van der Waals surface area contributed by atoms with E-state index in [-0.39, 0.29) is 5.82 Å². The molecule has 0 spiro atoms. The fraction of sp³-hybridized carbons (Fsp3) is 0.250. The van der Waals surface area contributed by atoms with Crippen molar-refractivity contribution in [3.63, 3.8) is 0 Å². The highest BCUT2D eigenvalue weighted by Gasteiger charge is 2.01. The number of aryl methyl sites for hydroxylation is 1. The van der Waals surface area contributed by atoms with Gasteiger partial charge in [-0.2, -0.15) is 0 Å². The SMILES string of the molecule is Cc1ccc(N)c(SCCCOc2ccc(F)cc2)c1. The van der Waals surface area contributed by atoms with Crippen LogP contribution in [0, 0.1) is 12.7 Å². The number of ether oxygens (including phenoxy) is 1. The van der Waals surface area contributed by atoms with Gasteiger partial charge in [0.25, 0.3) is 0 Å². The van der Waals surface area contributed by atoms with Crippen LogP contribution in [0.25, 0.3) is 0 Å². The lowest BCUT2D eigenvalue weighted by atomic mass is 10.2. The lowest BCUT2D eigenvalue weighted by molar-refractivity contribution is 0.318. The largest absolute Gasteiger partial charge is 0.494 e. The molecule has 4 heteroatoms. The van der Waals surface area contributed by atoms with Crippen LogP contribution in [0.5, 0.6) is 5.75 Å². The van der Waals surface area contributed by atoms with Crippen molar-refractivity contribution in [2.45, 2.75) is 18.2 Å². The Bertz CT molecular complexity index is 557. The predicted molar refractivity (Wildman–Crippen MR) is 82.8 cm³/mol. The van der Waals surface area contributed by atoms with Gasteiger partial charge in [0, 0.05) is 16.3 Å². The van der Waals surface area contributed by atoms with Gasteiger partial charge in [0.1, 0.15) is 11.6 Å². The summed E-state index contributed by atoms with van der Waals surface area (Å²) >= 11 is 1.73. The summed E-state index contributed by atoms with van der Waals surface area (Å²) in [5, 5.41) is 0. The fourth-order valence-electron chi connectivity index (χ4n) is 1.73. The maximum Gasteiger partial charge on any atom is 0.123 e. The highest BCUT2D eigenvalue weighted by Crippen LogP contribution is 2.26. The van der Waals surface area contributed by atoms with Gasteiger partial charge in [-0.15, -0.1) is 11.8 Å². The minimum atomic E-state index is -0.247. The molecule has 20 heavy (non-hydrogen) atoms. The third-order valence-corrected chi connectivity index (χ3v) is 3.96. The Morgan fingerprint density at radius 1 is 1.15 bits per heavy atom. The number of rotatable bonds is 6. The zero-order valence-electron chi connectivity index (χ0n) is 11.4. The summed E-state index contributed by atoms with van der Waals surface area (Å²) in [6.45, 7) is 2.67. The number of hydrogen-bond donors (Lipinski definition) is 1. The van der Waals surface area contributed by atoms with Crippen molar-refractivity contribution in [1.82, 2.24) is 0 Å². The molecule has 2 nitrogen and oxygen atoms in total. The number of anilines is 1. The molecule has 2 N–H and O–H groups in total. The fourth-order valence-corrected chi connectivity index (χ4v) is 2.71. The van der Waals surface area contributed by atoms with E-state index in [4.69, 9.17) is 10.5 Å². The Morgan fingerprint density at radius 3 is 2.65 bits per heavy atom. The van der Waals surface area contributed by atoms with Crippen LogP contribution >= 0.6 is 11.8 Å². The van der Waals surface area contributed by atoms with E-state index >= 15 is 0 Å². The van der Waals surface area contributed by atoms with Gasteiger partial charge >= 0.3 is 0 Å². The standard InChI is InChI=1S/C16H18FNOS/c1-12-3-8-15(18)16(11-12)20-10-2-9-19-14-6-4-13(17)5-7-14/h3-8,11H,2,9-10,18H2,1H3. The Balaban J connectivity index is 1.71. The highest BCUT2D eigenvalue weighted by atomic mass is 32.2. The Morgan fingerprint density at radius 2 is 1.90 bits per heavy atom. The van der Waals surface area contributed by atoms with E-state index < -0.39 is 0 Å². The third kappa shape index (κ3) is 4.46. The molecule has 0 atom stereocenters. The molecule has 0 saturated carbocycles. The Labute approximate surface area is 123 Å². The van der Waals surface area contributed by atoms with Crippen LogP contribution < -0.4 is 10.5 Å². The van der Waals surface area contributed by atoms with E-state index in [1.807, 2.05) is 12.1 Å². The van der Waals surface area contributed by atoms with Crippen molar-refractivity contribution >= 4 is 17.4 Å². The quantitative estimate of drug-likeness (QED) is 0.490. The first-order chi connectivity index (χ1) is 9.65. The lowest BCUT2D eigenvalue weighted by Crippen LogP contribution is -1.99. The van der Waals surface area contributed by atoms with E-state index in [0.29, 0.717) is 12.4 Å². The molecule has 0 aromatic heterocycles. The van der Waals surface area contributed by atoms with E-state index in [1.165, 1.54) is 17.7 Å². The molecular formula is C16H18FNOS. The smallest absolute Gasteiger partial charge is 0.123 e. The maximum absolute atomic E-state index is 12.7. The minimum Gasteiger partial charge on any atom is -0.494 e. The molecule has 2 rings (SSSR count). The van der Waals surface area contributed by atoms with Crippen LogP contribution in [-0.4, -0.2) is 12.4 Å². The van der Waals surface area contributed by atoms with E-state index in [2.05, 4.69) is 13.0 Å². The second-order valence-electron chi connectivity index (χ2n) is 4.55. The molecule has 0 aliphatic rings. The number of thioether (sulfide) groups is 1. The molecule has 2 aromatic rings. The van der Waals surface area contributed by atoms with Gasteiger partial charge < -0.3 is 10.5 Å².